The smallest absolute Gasteiger partial charge is 0.123 e. The van der Waals surface area contributed by atoms with Crippen LogP contribution in [-0.2, 0) is 17.8 Å². The highest BCUT2D eigenvalue weighted by atomic mass is 19.1. The van der Waals surface area contributed by atoms with Crippen molar-refractivity contribution in [1.29, 1.82) is 0 Å². The maximum atomic E-state index is 12.7. The van der Waals surface area contributed by atoms with Gasteiger partial charge in [-0.25, -0.2) is 9.07 Å². The third-order valence-electron chi connectivity index (χ3n) is 2.60. The van der Waals surface area contributed by atoms with Crippen molar-refractivity contribution in [3.8, 4) is 0 Å². The predicted molar refractivity (Wildman–Crippen MR) is 64.5 cm³/mol. The van der Waals surface area contributed by atoms with E-state index in [0.29, 0.717) is 13.0 Å². The number of nitrogens with zero attached hydrogens (tertiary/aromatic N) is 3. The lowest BCUT2D eigenvalue weighted by Gasteiger charge is -2.00. The molecule has 0 aliphatic rings. The van der Waals surface area contributed by atoms with Crippen LogP contribution in [0, 0.1) is 5.82 Å². The van der Waals surface area contributed by atoms with Gasteiger partial charge in [0.25, 0.3) is 0 Å². The van der Waals surface area contributed by atoms with E-state index in [4.69, 9.17) is 0 Å². The second-order valence-electron chi connectivity index (χ2n) is 4.09. The number of aryl methyl sites for hydroxylation is 1. The van der Waals surface area contributed by atoms with Crippen LogP contribution in [0.15, 0.2) is 30.5 Å². The third-order valence-corrected chi connectivity index (χ3v) is 2.60. The molecule has 0 fully saturated rings. The molecule has 4 nitrogen and oxygen atoms in total. The Kier molecular flexibility index (Phi) is 4.17. The summed E-state index contributed by atoms with van der Waals surface area (Å²) in [5.41, 5.74) is 1.85. The Balaban J connectivity index is 1.93. The summed E-state index contributed by atoms with van der Waals surface area (Å²) in [5.74, 6) is -0.244. The fraction of sp³-hybridized carbons (Fsp3) is 0.308. The van der Waals surface area contributed by atoms with Crippen LogP contribution in [-0.4, -0.2) is 21.3 Å². The molecule has 2 rings (SSSR count). The Morgan fingerprint density at radius 1 is 1.28 bits per heavy atom. The van der Waals surface area contributed by atoms with Gasteiger partial charge in [0.05, 0.1) is 12.2 Å². The molecule has 0 aliphatic carbocycles. The topological polar surface area (TPSA) is 47.8 Å². The number of benzene rings is 1. The summed E-state index contributed by atoms with van der Waals surface area (Å²) in [7, 11) is 0. The van der Waals surface area contributed by atoms with Crippen molar-refractivity contribution in [2.75, 3.05) is 0 Å². The summed E-state index contributed by atoms with van der Waals surface area (Å²) in [6, 6.07) is 6.31. The van der Waals surface area contributed by atoms with Crippen LogP contribution in [0.25, 0.3) is 0 Å². The molecule has 18 heavy (non-hydrogen) atoms. The van der Waals surface area contributed by atoms with E-state index in [1.807, 2.05) is 6.20 Å². The van der Waals surface area contributed by atoms with E-state index in [0.717, 1.165) is 30.4 Å². The third kappa shape index (κ3) is 3.48. The molecule has 0 saturated heterocycles. The molecule has 0 saturated carbocycles. The zero-order chi connectivity index (χ0) is 12.8. The molecule has 0 spiro atoms. The first-order valence-corrected chi connectivity index (χ1v) is 5.85. The summed E-state index contributed by atoms with van der Waals surface area (Å²) in [4.78, 5) is 10.2. The largest absolute Gasteiger partial charge is 0.303 e. The number of unbranched alkanes of at least 4 members (excludes halogenated alkanes) is 1. The standard InChI is InChI=1S/C13H14FN3O/c14-12-6-4-11(5-7-12)9-17-10-13(15-16-17)3-1-2-8-18/h4-8,10H,1-3,9H2. The fourth-order valence-electron chi connectivity index (χ4n) is 1.67. The minimum Gasteiger partial charge on any atom is -0.303 e. The van der Waals surface area contributed by atoms with Gasteiger partial charge in [-0.3, -0.25) is 0 Å². The van der Waals surface area contributed by atoms with Crippen molar-refractivity contribution < 1.29 is 9.18 Å². The van der Waals surface area contributed by atoms with Crippen LogP contribution >= 0.6 is 0 Å². The van der Waals surface area contributed by atoms with Gasteiger partial charge in [0.2, 0.25) is 0 Å². The highest BCUT2D eigenvalue weighted by molar-refractivity contribution is 5.49. The molecule has 0 aliphatic heterocycles. The Morgan fingerprint density at radius 2 is 2.06 bits per heavy atom. The lowest BCUT2D eigenvalue weighted by molar-refractivity contribution is -0.107. The molecule has 0 amide bonds. The van der Waals surface area contributed by atoms with Crippen LogP contribution < -0.4 is 0 Å². The molecule has 1 aromatic heterocycles. The maximum Gasteiger partial charge on any atom is 0.123 e. The van der Waals surface area contributed by atoms with E-state index in [1.165, 1.54) is 12.1 Å². The summed E-state index contributed by atoms with van der Waals surface area (Å²) in [6.45, 7) is 0.570. The average molecular weight is 247 g/mol. The van der Waals surface area contributed by atoms with Gasteiger partial charge in [-0.05, 0) is 30.5 Å². The van der Waals surface area contributed by atoms with E-state index < -0.39 is 0 Å². The number of aldehydes is 1. The SMILES string of the molecule is O=CCCCc1cn(Cc2ccc(F)cc2)nn1. The average Bonchev–Trinajstić information content (AvgIpc) is 2.80. The van der Waals surface area contributed by atoms with Gasteiger partial charge in [-0.15, -0.1) is 5.10 Å². The monoisotopic (exact) mass is 247 g/mol. The lowest BCUT2D eigenvalue weighted by atomic mass is 10.2. The summed E-state index contributed by atoms with van der Waals surface area (Å²) in [5, 5.41) is 8.02. The predicted octanol–water partition coefficient (Wildman–Crippen LogP) is 1.99. The second kappa shape index (κ2) is 6.05. The second-order valence-corrected chi connectivity index (χ2v) is 4.09. The molecular weight excluding hydrogens is 233 g/mol. The minimum atomic E-state index is -0.244. The van der Waals surface area contributed by atoms with Gasteiger partial charge in [0, 0.05) is 12.6 Å². The van der Waals surface area contributed by atoms with Gasteiger partial charge in [-0.1, -0.05) is 17.3 Å². The van der Waals surface area contributed by atoms with Crippen LogP contribution in [0.2, 0.25) is 0 Å². The quantitative estimate of drug-likeness (QED) is 0.579. The number of halogens is 1. The van der Waals surface area contributed by atoms with Gasteiger partial charge in [0.15, 0.2) is 0 Å². The Morgan fingerprint density at radius 3 is 2.78 bits per heavy atom. The normalized spacial score (nSPS) is 10.5. The molecule has 0 N–H and O–H groups in total. The van der Waals surface area contributed by atoms with Crippen molar-refractivity contribution in [1.82, 2.24) is 15.0 Å². The van der Waals surface area contributed by atoms with Gasteiger partial charge >= 0.3 is 0 Å². The molecule has 5 heteroatoms. The summed E-state index contributed by atoms with van der Waals surface area (Å²) in [6.07, 6.45) is 4.85. The molecule has 0 radical (unpaired) electrons. The van der Waals surface area contributed by atoms with Crippen LogP contribution in [0.1, 0.15) is 24.1 Å². The van der Waals surface area contributed by atoms with Crippen molar-refractivity contribution in [2.24, 2.45) is 0 Å². The van der Waals surface area contributed by atoms with E-state index in [-0.39, 0.29) is 5.82 Å². The number of hydrogen-bond acceptors (Lipinski definition) is 3. The Labute approximate surface area is 104 Å². The number of hydrogen-bond donors (Lipinski definition) is 0. The zero-order valence-electron chi connectivity index (χ0n) is 9.92. The molecule has 1 aromatic carbocycles. The summed E-state index contributed by atoms with van der Waals surface area (Å²) >= 11 is 0. The summed E-state index contributed by atoms with van der Waals surface area (Å²) < 4.78 is 14.5. The molecule has 0 unspecified atom stereocenters. The Bertz CT molecular complexity index is 507. The molecule has 0 atom stereocenters. The van der Waals surface area contributed by atoms with Crippen molar-refractivity contribution in [2.45, 2.75) is 25.8 Å². The zero-order valence-corrected chi connectivity index (χ0v) is 9.92. The number of carbonyl (C=O) groups excluding carboxylic acids is 1. The molecule has 94 valence electrons. The number of aromatic nitrogens is 3. The van der Waals surface area contributed by atoms with Crippen LogP contribution in [0.5, 0.6) is 0 Å². The highest BCUT2D eigenvalue weighted by Crippen LogP contribution is 2.06. The van der Waals surface area contributed by atoms with Gasteiger partial charge in [0.1, 0.15) is 12.1 Å². The van der Waals surface area contributed by atoms with Gasteiger partial charge < -0.3 is 4.79 Å². The molecule has 0 bridgehead atoms. The number of rotatable bonds is 6. The van der Waals surface area contributed by atoms with E-state index in [9.17, 15) is 9.18 Å². The van der Waals surface area contributed by atoms with Crippen molar-refractivity contribution in [3.63, 3.8) is 0 Å². The first kappa shape index (κ1) is 12.4. The van der Waals surface area contributed by atoms with Gasteiger partial charge in [-0.2, -0.15) is 0 Å². The van der Waals surface area contributed by atoms with Crippen LogP contribution in [0.4, 0.5) is 4.39 Å². The molecular formula is C13H14FN3O. The first-order chi connectivity index (χ1) is 8.78. The minimum absolute atomic E-state index is 0.244. The molecule has 2 aromatic rings. The van der Waals surface area contributed by atoms with E-state index in [1.54, 1.807) is 16.8 Å². The fourth-order valence-corrected chi connectivity index (χ4v) is 1.67. The van der Waals surface area contributed by atoms with Crippen molar-refractivity contribution in [3.05, 3.63) is 47.5 Å². The van der Waals surface area contributed by atoms with Crippen molar-refractivity contribution >= 4 is 6.29 Å². The number of carbonyl (C=O) groups is 1. The Hall–Kier alpha value is -2.04. The lowest BCUT2D eigenvalue weighted by Crippen LogP contribution is -2.00. The van der Waals surface area contributed by atoms with E-state index in [2.05, 4.69) is 10.3 Å². The highest BCUT2D eigenvalue weighted by Gasteiger charge is 2.01. The van der Waals surface area contributed by atoms with E-state index >= 15 is 0 Å². The van der Waals surface area contributed by atoms with Crippen LogP contribution in [0.3, 0.4) is 0 Å². The molecule has 1 heterocycles. The first-order valence-electron chi connectivity index (χ1n) is 5.85. The maximum absolute atomic E-state index is 12.7.